The first kappa shape index (κ1) is 11.4. The maximum absolute atomic E-state index is 5.82. The number of nitrogens with one attached hydrogen (secondary N) is 1. The molecular formula is C12H24N2O. The molecule has 0 aromatic heterocycles. The van der Waals surface area contributed by atoms with Crippen LogP contribution in [-0.4, -0.2) is 49.3 Å². The number of morpholine rings is 1. The second-order valence-electron chi connectivity index (χ2n) is 4.96. The van der Waals surface area contributed by atoms with Crippen LogP contribution < -0.4 is 5.32 Å². The highest BCUT2D eigenvalue weighted by Crippen LogP contribution is 2.26. The van der Waals surface area contributed by atoms with Gasteiger partial charge in [0.15, 0.2) is 0 Å². The minimum atomic E-state index is 0.540. The molecule has 0 radical (unpaired) electrons. The lowest BCUT2D eigenvalue weighted by Crippen LogP contribution is -2.44. The Morgan fingerprint density at radius 1 is 1.33 bits per heavy atom. The summed E-state index contributed by atoms with van der Waals surface area (Å²) < 4.78 is 5.82. The maximum Gasteiger partial charge on any atom is 0.0707 e. The number of hydrogen-bond acceptors (Lipinski definition) is 3. The average molecular weight is 212 g/mol. The fourth-order valence-corrected chi connectivity index (χ4v) is 2.71. The van der Waals surface area contributed by atoms with Gasteiger partial charge in [-0.05, 0) is 39.3 Å². The minimum Gasteiger partial charge on any atom is -0.372 e. The Morgan fingerprint density at radius 2 is 2.00 bits per heavy atom. The summed E-state index contributed by atoms with van der Waals surface area (Å²) in [5.74, 6) is 0. The molecule has 1 N–H and O–H groups in total. The topological polar surface area (TPSA) is 24.5 Å². The van der Waals surface area contributed by atoms with E-state index < -0.39 is 0 Å². The molecule has 0 saturated carbocycles. The van der Waals surface area contributed by atoms with Crippen LogP contribution in [0.1, 0.15) is 33.1 Å². The van der Waals surface area contributed by atoms with Crippen molar-refractivity contribution in [1.29, 1.82) is 0 Å². The van der Waals surface area contributed by atoms with E-state index in [0.29, 0.717) is 18.2 Å². The Kier molecular flexibility index (Phi) is 4.00. The fraction of sp³-hybridized carbons (Fsp3) is 1.00. The number of ether oxygens (including phenoxy) is 1. The summed E-state index contributed by atoms with van der Waals surface area (Å²) in [5.41, 5.74) is 0. The Balaban J connectivity index is 1.67. The predicted octanol–water partition coefficient (Wildman–Crippen LogP) is 1.24. The summed E-state index contributed by atoms with van der Waals surface area (Å²) in [6.07, 6.45) is 4.90. The minimum absolute atomic E-state index is 0.540. The van der Waals surface area contributed by atoms with Crippen molar-refractivity contribution in [3.8, 4) is 0 Å². The van der Waals surface area contributed by atoms with E-state index in [9.17, 15) is 0 Å². The quantitative estimate of drug-likeness (QED) is 0.742. The molecule has 0 aliphatic carbocycles. The lowest BCUT2D eigenvalue weighted by atomic mass is 10.2. The molecule has 88 valence electrons. The SMILES string of the molecule is CCNC(C)CCN1CC2CCC(C1)O2. The van der Waals surface area contributed by atoms with Gasteiger partial charge in [-0.15, -0.1) is 0 Å². The lowest BCUT2D eigenvalue weighted by molar-refractivity contribution is -0.0389. The average Bonchev–Trinajstić information content (AvgIpc) is 2.56. The zero-order valence-electron chi connectivity index (χ0n) is 10.0. The van der Waals surface area contributed by atoms with Gasteiger partial charge in [0, 0.05) is 19.1 Å². The van der Waals surface area contributed by atoms with E-state index in [4.69, 9.17) is 4.74 Å². The molecule has 3 atom stereocenters. The maximum atomic E-state index is 5.82. The van der Waals surface area contributed by atoms with E-state index in [1.54, 1.807) is 0 Å². The van der Waals surface area contributed by atoms with Crippen molar-refractivity contribution < 1.29 is 4.74 Å². The molecule has 3 unspecified atom stereocenters. The number of nitrogens with zero attached hydrogens (tertiary/aromatic N) is 1. The zero-order valence-corrected chi connectivity index (χ0v) is 10.0. The first-order valence-electron chi connectivity index (χ1n) is 6.39. The second-order valence-corrected chi connectivity index (χ2v) is 4.96. The first-order chi connectivity index (χ1) is 7.28. The highest BCUT2D eigenvalue weighted by Gasteiger charge is 2.33. The summed E-state index contributed by atoms with van der Waals surface area (Å²) >= 11 is 0. The van der Waals surface area contributed by atoms with E-state index in [-0.39, 0.29) is 0 Å². The predicted molar refractivity (Wildman–Crippen MR) is 62.1 cm³/mol. The first-order valence-corrected chi connectivity index (χ1v) is 6.39. The van der Waals surface area contributed by atoms with E-state index >= 15 is 0 Å². The fourth-order valence-electron chi connectivity index (χ4n) is 2.71. The summed E-state index contributed by atoms with van der Waals surface area (Å²) in [7, 11) is 0. The molecule has 15 heavy (non-hydrogen) atoms. The van der Waals surface area contributed by atoms with Gasteiger partial charge in [-0.3, -0.25) is 4.90 Å². The van der Waals surface area contributed by atoms with Crippen molar-refractivity contribution in [1.82, 2.24) is 10.2 Å². The van der Waals surface area contributed by atoms with Gasteiger partial charge < -0.3 is 10.1 Å². The van der Waals surface area contributed by atoms with Crippen molar-refractivity contribution >= 4 is 0 Å². The Morgan fingerprint density at radius 3 is 2.60 bits per heavy atom. The Hall–Kier alpha value is -0.120. The monoisotopic (exact) mass is 212 g/mol. The Bertz CT molecular complexity index is 186. The summed E-state index contributed by atoms with van der Waals surface area (Å²) in [5, 5.41) is 3.47. The molecule has 0 aromatic carbocycles. The third-order valence-corrected chi connectivity index (χ3v) is 3.55. The van der Waals surface area contributed by atoms with Crippen LogP contribution in [0.25, 0.3) is 0 Å². The van der Waals surface area contributed by atoms with Crippen LogP contribution in [0.15, 0.2) is 0 Å². The number of hydrogen-bond donors (Lipinski definition) is 1. The number of likely N-dealkylation sites (tertiary alicyclic amines) is 1. The van der Waals surface area contributed by atoms with Crippen molar-refractivity contribution in [2.24, 2.45) is 0 Å². The molecule has 2 aliphatic rings. The van der Waals surface area contributed by atoms with Crippen LogP contribution in [0.2, 0.25) is 0 Å². The van der Waals surface area contributed by atoms with Gasteiger partial charge in [-0.2, -0.15) is 0 Å². The molecule has 2 bridgehead atoms. The van der Waals surface area contributed by atoms with Crippen molar-refractivity contribution in [3.63, 3.8) is 0 Å². The highest BCUT2D eigenvalue weighted by atomic mass is 16.5. The van der Waals surface area contributed by atoms with E-state index in [1.165, 1.54) is 25.8 Å². The highest BCUT2D eigenvalue weighted by molar-refractivity contribution is 4.85. The van der Waals surface area contributed by atoms with E-state index in [2.05, 4.69) is 24.1 Å². The third-order valence-electron chi connectivity index (χ3n) is 3.55. The van der Waals surface area contributed by atoms with Crippen LogP contribution in [0.5, 0.6) is 0 Å². The van der Waals surface area contributed by atoms with Crippen molar-refractivity contribution in [2.75, 3.05) is 26.2 Å². The standard InChI is InChI=1S/C12H24N2O/c1-3-13-10(2)6-7-14-8-11-4-5-12(9-14)15-11/h10-13H,3-9H2,1-2H3. The molecule has 2 rings (SSSR count). The van der Waals surface area contributed by atoms with Gasteiger partial charge in [0.25, 0.3) is 0 Å². The van der Waals surface area contributed by atoms with E-state index in [1.807, 2.05) is 0 Å². The van der Waals surface area contributed by atoms with Crippen LogP contribution in [0, 0.1) is 0 Å². The smallest absolute Gasteiger partial charge is 0.0707 e. The number of rotatable bonds is 5. The molecule has 2 saturated heterocycles. The van der Waals surface area contributed by atoms with Gasteiger partial charge in [0.1, 0.15) is 0 Å². The normalized spacial score (nSPS) is 33.2. The van der Waals surface area contributed by atoms with Gasteiger partial charge >= 0.3 is 0 Å². The molecular weight excluding hydrogens is 188 g/mol. The molecule has 0 spiro atoms. The largest absolute Gasteiger partial charge is 0.372 e. The molecule has 2 fully saturated rings. The van der Waals surface area contributed by atoms with Gasteiger partial charge in [-0.1, -0.05) is 6.92 Å². The third kappa shape index (κ3) is 3.16. The lowest BCUT2D eigenvalue weighted by Gasteiger charge is -2.32. The van der Waals surface area contributed by atoms with Crippen LogP contribution in [0.3, 0.4) is 0 Å². The number of fused-ring (bicyclic) bond motifs is 2. The Labute approximate surface area is 93.2 Å². The summed E-state index contributed by atoms with van der Waals surface area (Å²) in [6, 6.07) is 0.649. The molecule has 2 heterocycles. The van der Waals surface area contributed by atoms with Crippen molar-refractivity contribution in [2.45, 2.75) is 51.4 Å². The summed E-state index contributed by atoms with van der Waals surface area (Å²) in [6.45, 7) is 9.08. The van der Waals surface area contributed by atoms with Crippen LogP contribution in [0.4, 0.5) is 0 Å². The summed E-state index contributed by atoms with van der Waals surface area (Å²) in [4.78, 5) is 2.58. The second kappa shape index (κ2) is 5.28. The van der Waals surface area contributed by atoms with Crippen molar-refractivity contribution in [3.05, 3.63) is 0 Å². The zero-order chi connectivity index (χ0) is 10.7. The molecule has 2 aliphatic heterocycles. The van der Waals surface area contributed by atoms with Crippen LogP contribution >= 0.6 is 0 Å². The molecule has 0 amide bonds. The van der Waals surface area contributed by atoms with Crippen LogP contribution in [-0.2, 0) is 4.74 Å². The molecule has 3 heteroatoms. The van der Waals surface area contributed by atoms with Gasteiger partial charge in [0.2, 0.25) is 0 Å². The van der Waals surface area contributed by atoms with Gasteiger partial charge in [0.05, 0.1) is 12.2 Å². The molecule has 3 nitrogen and oxygen atoms in total. The molecule has 0 aromatic rings. The van der Waals surface area contributed by atoms with E-state index in [0.717, 1.165) is 19.6 Å². The van der Waals surface area contributed by atoms with Gasteiger partial charge in [-0.25, -0.2) is 0 Å².